The van der Waals surface area contributed by atoms with Crippen molar-refractivity contribution in [3.8, 4) is 0 Å². The predicted molar refractivity (Wildman–Crippen MR) is 78.4 cm³/mol. The van der Waals surface area contributed by atoms with Gasteiger partial charge in [-0.05, 0) is 24.6 Å². The summed E-state index contributed by atoms with van der Waals surface area (Å²) < 4.78 is 12.8. The number of rotatable bonds is 5. The quantitative estimate of drug-likeness (QED) is 0.792. The highest BCUT2D eigenvalue weighted by atomic mass is 32.1. The predicted octanol–water partition coefficient (Wildman–Crippen LogP) is 2.12. The number of hydrogen-bond acceptors (Lipinski definition) is 4. The summed E-state index contributed by atoms with van der Waals surface area (Å²) >= 11 is 1.48. The minimum atomic E-state index is -0.876. The molecule has 1 atom stereocenters. The van der Waals surface area contributed by atoms with Gasteiger partial charge in [-0.1, -0.05) is 12.1 Å². The number of thiazole rings is 1. The molecule has 1 aromatic carbocycles. The SMILES string of the molecule is Cc1csc(CNC(=O)NC[C@H](O)c2ccc(F)cc2)n1. The summed E-state index contributed by atoms with van der Waals surface area (Å²) in [5.74, 6) is -0.365. The van der Waals surface area contributed by atoms with E-state index in [0.717, 1.165) is 10.7 Å². The van der Waals surface area contributed by atoms with Crippen molar-refractivity contribution < 1.29 is 14.3 Å². The van der Waals surface area contributed by atoms with E-state index in [1.165, 1.54) is 35.6 Å². The van der Waals surface area contributed by atoms with Crippen LogP contribution in [-0.2, 0) is 6.54 Å². The van der Waals surface area contributed by atoms with Crippen LogP contribution in [0.5, 0.6) is 0 Å². The van der Waals surface area contributed by atoms with Crippen LogP contribution in [0.3, 0.4) is 0 Å². The number of carbonyl (C=O) groups excluding carboxylic acids is 1. The molecule has 0 aliphatic rings. The zero-order valence-electron chi connectivity index (χ0n) is 11.5. The Morgan fingerprint density at radius 1 is 1.38 bits per heavy atom. The molecule has 0 bridgehead atoms. The maximum absolute atomic E-state index is 12.8. The fourth-order valence-electron chi connectivity index (χ4n) is 1.69. The molecule has 0 aliphatic carbocycles. The van der Waals surface area contributed by atoms with Gasteiger partial charge in [-0.15, -0.1) is 11.3 Å². The molecule has 21 heavy (non-hydrogen) atoms. The van der Waals surface area contributed by atoms with Crippen LogP contribution in [0.4, 0.5) is 9.18 Å². The van der Waals surface area contributed by atoms with Gasteiger partial charge in [-0.25, -0.2) is 14.2 Å². The van der Waals surface area contributed by atoms with E-state index in [4.69, 9.17) is 0 Å². The van der Waals surface area contributed by atoms with E-state index in [9.17, 15) is 14.3 Å². The maximum Gasteiger partial charge on any atom is 0.315 e. The zero-order chi connectivity index (χ0) is 15.2. The number of aliphatic hydroxyl groups excluding tert-OH is 1. The smallest absolute Gasteiger partial charge is 0.315 e. The fraction of sp³-hybridized carbons (Fsp3) is 0.286. The highest BCUT2D eigenvalue weighted by Crippen LogP contribution is 2.12. The molecule has 1 heterocycles. The van der Waals surface area contributed by atoms with Crippen molar-refractivity contribution in [1.82, 2.24) is 15.6 Å². The molecule has 1 aromatic heterocycles. The third-order valence-corrected chi connectivity index (χ3v) is 3.74. The highest BCUT2D eigenvalue weighted by Gasteiger charge is 2.09. The van der Waals surface area contributed by atoms with E-state index < -0.39 is 6.10 Å². The van der Waals surface area contributed by atoms with Crippen molar-refractivity contribution in [2.24, 2.45) is 0 Å². The Hall–Kier alpha value is -1.99. The Labute approximate surface area is 125 Å². The van der Waals surface area contributed by atoms with E-state index in [-0.39, 0.29) is 18.4 Å². The van der Waals surface area contributed by atoms with Crippen molar-refractivity contribution in [3.63, 3.8) is 0 Å². The zero-order valence-corrected chi connectivity index (χ0v) is 12.3. The molecule has 0 unspecified atom stereocenters. The van der Waals surface area contributed by atoms with E-state index in [2.05, 4.69) is 15.6 Å². The van der Waals surface area contributed by atoms with E-state index >= 15 is 0 Å². The fourth-order valence-corrected chi connectivity index (χ4v) is 2.41. The standard InChI is InChI=1S/C14H16FN3O2S/c1-9-8-21-13(18-9)7-17-14(20)16-6-12(19)10-2-4-11(15)5-3-10/h2-5,8,12,19H,6-7H2,1H3,(H2,16,17,20)/t12-/m0/s1. The van der Waals surface area contributed by atoms with E-state index in [1.54, 1.807) is 0 Å². The molecular formula is C14H16FN3O2S. The summed E-state index contributed by atoms with van der Waals surface area (Å²) in [6.07, 6.45) is -0.876. The Balaban J connectivity index is 1.74. The van der Waals surface area contributed by atoms with Crippen molar-refractivity contribution in [1.29, 1.82) is 0 Å². The molecule has 112 valence electrons. The van der Waals surface area contributed by atoms with Crippen molar-refractivity contribution in [2.75, 3.05) is 6.54 Å². The Morgan fingerprint density at radius 3 is 2.71 bits per heavy atom. The summed E-state index contributed by atoms with van der Waals surface area (Å²) in [6, 6.07) is 5.12. The van der Waals surface area contributed by atoms with Crippen LogP contribution in [0, 0.1) is 12.7 Å². The molecule has 0 fully saturated rings. The minimum absolute atomic E-state index is 0.0500. The van der Waals surface area contributed by atoms with Crippen molar-refractivity contribution in [3.05, 3.63) is 51.7 Å². The second kappa shape index (κ2) is 7.14. The van der Waals surface area contributed by atoms with Gasteiger partial charge in [0.2, 0.25) is 0 Å². The number of nitrogens with one attached hydrogen (secondary N) is 2. The number of amides is 2. The Kier molecular flexibility index (Phi) is 5.24. The van der Waals surface area contributed by atoms with Gasteiger partial charge < -0.3 is 15.7 Å². The molecule has 0 saturated carbocycles. The van der Waals surface area contributed by atoms with Gasteiger partial charge in [0.15, 0.2) is 0 Å². The first kappa shape index (κ1) is 15.4. The molecule has 0 saturated heterocycles. The third kappa shape index (κ3) is 4.80. The van der Waals surface area contributed by atoms with Gasteiger partial charge in [0, 0.05) is 17.6 Å². The number of benzene rings is 1. The van der Waals surface area contributed by atoms with E-state index in [1.807, 2.05) is 12.3 Å². The summed E-state index contributed by atoms with van der Waals surface area (Å²) in [7, 11) is 0. The molecule has 2 amide bonds. The number of carbonyl (C=O) groups is 1. The lowest BCUT2D eigenvalue weighted by molar-refractivity contribution is 0.173. The van der Waals surface area contributed by atoms with Crippen LogP contribution in [0.15, 0.2) is 29.6 Å². The average molecular weight is 309 g/mol. The van der Waals surface area contributed by atoms with Crippen LogP contribution >= 0.6 is 11.3 Å². The lowest BCUT2D eigenvalue weighted by Crippen LogP contribution is -2.37. The molecule has 0 spiro atoms. The Bertz CT molecular complexity index is 601. The number of nitrogens with zero attached hydrogens (tertiary/aromatic N) is 1. The van der Waals surface area contributed by atoms with Gasteiger partial charge >= 0.3 is 6.03 Å². The lowest BCUT2D eigenvalue weighted by Gasteiger charge is -2.12. The summed E-state index contributed by atoms with van der Waals surface area (Å²) in [5.41, 5.74) is 1.47. The normalized spacial score (nSPS) is 12.0. The number of hydrogen-bond donors (Lipinski definition) is 3. The largest absolute Gasteiger partial charge is 0.387 e. The highest BCUT2D eigenvalue weighted by molar-refractivity contribution is 7.09. The van der Waals surface area contributed by atoms with Gasteiger partial charge in [0.05, 0.1) is 12.6 Å². The first-order chi connectivity index (χ1) is 10.0. The van der Waals surface area contributed by atoms with Crippen LogP contribution in [0.2, 0.25) is 0 Å². The number of urea groups is 1. The van der Waals surface area contributed by atoms with Gasteiger partial charge in [0.1, 0.15) is 10.8 Å². The minimum Gasteiger partial charge on any atom is -0.387 e. The number of aromatic nitrogens is 1. The van der Waals surface area contributed by atoms with Crippen LogP contribution in [0.1, 0.15) is 22.4 Å². The van der Waals surface area contributed by atoms with Gasteiger partial charge in [0.25, 0.3) is 0 Å². The molecule has 5 nitrogen and oxygen atoms in total. The lowest BCUT2D eigenvalue weighted by atomic mass is 10.1. The summed E-state index contributed by atoms with van der Waals surface area (Å²) in [6.45, 7) is 2.28. The first-order valence-corrected chi connectivity index (χ1v) is 7.29. The molecular weight excluding hydrogens is 293 g/mol. The van der Waals surface area contributed by atoms with Crippen LogP contribution < -0.4 is 10.6 Å². The first-order valence-electron chi connectivity index (χ1n) is 6.41. The van der Waals surface area contributed by atoms with Crippen molar-refractivity contribution >= 4 is 17.4 Å². The Morgan fingerprint density at radius 2 is 2.10 bits per heavy atom. The van der Waals surface area contributed by atoms with Gasteiger partial charge in [-0.2, -0.15) is 0 Å². The van der Waals surface area contributed by atoms with Crippen LogP contribution in [0.25, 0.3) is 0 Å². The maximum atomic E-state index is 12.8. The topological polar surface area (TPSA) is 74.2 Å². The average Bonchev–Trinajstić information content (AvgIpc) is 2.89. The molecule has 3 N–H and O–H groups in total. The van der Waals surface area contributed by atoms with Gasteiger partial charge in [-0.3, -0.25) is 0 Å². The second-order valence-corrected chi connectivity index (χ2v) is 5.46. The van der Waals surface area contributed by atoms with Crippen molar-refractivity contribution in [2.45, 2.75) is 19.6 Å². The third-order valence-electron chi connectivity index (χ3n) is 2.78. The number of aryl methyl sites for hydroxylation is 1. The summed E-state index contributed by atoms with van der Waals surface area (Å²) in [5, 5.41) is 17.8. The second-order valence-electron chi connectivity index (χ2n) is 4.51. The number of aliphatic hydroxyl groups is 1. The molecule has 7 heteroatoms. The number of halogens is 1. The molecule has 0 radical (unpaired) electrons. The van der Waals surface area contributed by atoms with Crippen LogP contribution in [-0.4, -0.2) is 22.7 Å². The monoisotopic (exact) mass is 309 g/mol. The molecule has 2 aromatic rings. The van der Waals surface area contributed by atoms with E-state index in [0.29, 0.717) is 12.1 Å². The summed E-state index contributed by atoms with van der Waals surface area (Å²) in [4.78, 5) is 15.8. The molecule has 2 rings (SSSR count). The molecule has 0 aliphatic heterocycles.